The summed E-state index contributed by atoms with van der Waals surface area (Å²) in [6, 6.07) is 7.57. The Labute approximate surface area is 143 Å². The smallest absolute Gasteiger partial charge is 0.235 e. The topological polar surface area (TPSA) is 58.2 Å². The molecule has 0 radical (unpaired) electrons. The predicted molar refractivity (Wildman–Crippen MR) is 92.4 cm³/mol. The third-order valence-corrected chi connectivity index (χ3v) is 4.55. The van der Waals surface area contributed by atoms with Gasteiger partial charge in [-0.2, -0.15) is 0 Å². The molecule has 2 N–H and O–H groups in total. The molecule has 0 spiro atoms. The number of carbonyl (C=O) groups excluding carboxylic acids is 2. The van der Waals surface area contributed by atoms with Gasteiger partial charge in [-0.3, -0.25) is 9.59 Å². The summed E-state index contributed by atoms with van der Waals surface area (Å²) in [4.78, 5) is 24.5. The molecule has 5 heteroatoms. The molecular weight excluding hydrogens is 312 g/mol. The molecule has 0 saturated heterocycles. The largest absolute Gasteiger partial charge is 0.355 e. The van der Waals surface area contributed by atoms with E-state index in [1.54, 1.807) is 0 Å². The maximum Gasteiger partial charge on any atom is 0.235 e. The second-order valence-electron chi connectivity index (χ2n) is 6.18. The van der Waals surface area contributed by atoms with Crippen molar-refractivity contribution in [1.82, 2.24) is 10.6 Å². The van der Waals surface area contributed by atoms with Gasteiger partial charge in [0, 0.05) is 18.1 Å². The van der Waals surface area contributed by atoms with Gasteiger partial charge < -0.3 is 10.6 Å². The van der Waals surface area contributed by atoms with Crippen molar-refractivity contribution >= 4 is 23.4 Å². The maximum absolute atomic E-state index is 12.3. The van der Waals surface area contributed by atoms with Crippen LogP contribution < -0.4 is 10.6 Å². The highest BCUT2D eigenvalue weighted by Gasteiger charge is 2.56. The van der Waals surface area contributed by atoms with Gasteiger partial charge in [0.15, 0.2) is 0 Å². The zero-order valence-electron chi connectivity index (χ0n) is 13.7. The lowest BCUT2D eigenvalue weighted by Crippen LogP contribution is -2.43. The Kier molecular flexibility index (Phi) is 6.46. The maximum atomic E-state index is 12.3. The molecule has 1 aliphatic carbocycles. The van der Waals surface area contributed by atoms with E-state index in [0.29, 0.717) is 31.0 Å². The SMILES string of the molecule is CCCCCNC(=O)C1(C(=O)NCCc2ccc(Cl)cc2)CC1. The molecule has 126 valence electrons. The van der Waals surface area contributed by atoms with E-state index >= 15 is 0 Å². The average Bonchev–Trinajstić information content (AvgIpc) is 3.35. The molecule has 0 unspecified atom stereocenters. The van der Waals surface area contributed by atoms with Crippen molar-refractivity contribution in [3.63, 3.8) is 0 Å². The number of benzene rings is 1. The first-order valence-corrected chi connectivity index (χ1v) is 8.77. The van der Waals surface area contributed by atoms with Crippen LogP contribution in [-0.2, 0) is 16.0 Å². The lowest BCUT2D eigenvalue weighted by atomic mass is 10.0. The Balaban J connectivity index is 1.73. The van der Waals surface area contributed by atoms with Crippen LogP contribution in [0.3, 0.4) is 0 Å². The van der Waals surface area contributed by atoms with Crippen LogP contribution >= 0.6 is 11.6 Å². The molecule has 0 aliphatic heterocycles. The van der Waals surface area contributed by atoms with Gasteiger partial charge in [0.2, 0.25) is 11.8 Å². The van der Waals surface area contributed by atoms with Gasteiger partial charge in [0.25, 0.3) is 0 Å². The molecule has 2 amide bonds. The minimum Gasteiger partial charge on any atom is -0.355 e. The van der Waals surface area contributed by atoms with E-state index in [-0.39, 0.29) is 11.8 Å². The van der Waals surface area contributed by atoms with Gasteiger partial charge in [-0.1, -0.05) is 43.5 Å². The molecule has 4 nitrogen and oxygen atoms in total. The fourth-order valence-corrected chi connectivity index (χ4v) is 2.69. The van der Waals surface area contributed by atoms with Crippen LogP contribution in [0.2, 0.25) is 5.02 Å². The van der Waals surface area contributed by atoms with Gasteiger partial charge >= 0.3 is 0 Å². The minimum absolute atomic E-state index is 0.113. The minimum atomic E-state index is -0.813. The van der Waals surface area contributed by atoms with Crippen LogP contribution in [-0.4, -0.2) is 24.9 Å². The summed E-state index contributed by atoms with van der Waals surface area (Å²) in [6.45, 7) is 3.32. The summed E-state index contributed by atoms with van der Waals surface area (Å²) in [5.74, 6) is -0.253. The molecule has 0 aromatic heterocycles. The number of rotatable bonds is 9. The molecule has 1 aliphatic rings. The van der Waals surface area contributed by atoms with Crippen LogP contribution in [0.5, 0.6) is 0 Å². The number of nitrogens with one attached hydrogen (secondary N) is 2. The van der Waals surface area contributed by atoms with Crippen LogP contribution in [0.15, 0.2) is 24.3 Å². The van der Waals surface area contributed by atoms with Crippen molar-refractivity contribution in [2.45, 2.75) is 45.4 Å². The molecule has 1 fully saturated rings. The normalized spacial score (nSPS) is 15.0. The first-order chi connectivity index (χ1) is 11.1. The van der Waals surface area contributed by atoms with Gasteiger partial charge in [0.05, 0.1) is 0 Å². The van der Waals surface area contributed by atoms with E-state index in [1.807, 2.05) is 24.3 Å². The quantitative estimate of drug-likeness (QED) is 0.538. The summed E-state index contributed by atoms with van der Waals surface area (Å²) in [7, 11) is 0. The lowest BCUT2D eigenvalue weighted by molar-refractivity contribution is -0.137. The monoisotopic (exact) mass is 336 g/mol. The Bertz CT molecular complexity index is 538. The van der Waals surface area contributed by atoms with Crippen LogP contribution in [0.1, 0.15) is 44.6 Å². The molecule has 1 aromatic carbocycles. The Morgan fingerprint density at radius 1 is 1.04 bits per heavy atom. The summed E-state index contributed by atoms with van der Waals surface area (Å²) in [5, 5.41) is 6.50. The molecule has 23 heavy (non-hydrogen) atoms. The second-order valence-corrected chi connectivity index (χ2v) is 6.61. The summed E-state index contributed by atoms with van der Waals surface area (Å²) in [5.41, 5.74) is 0.301. The zero-order chi connectivity index (χ0) is 16.7. The standard InChI is InChI=1S/C18H25ClN2O2/c1-2-3-4-12-20-16(22)18(10-11-18)17(23)21-13-9-14-5-7-15(19)8-6-14/h5-8H,2-4,9-13H2,1H3,(H,20,22)(H,21,23). The molecule has 2 rings (SSSR count). The van der Waals surface area contributed by atoms with Crippen LogP contribution in [0, 0.1) is 5.41 Å². The lowest BCUT2D eigenvalue weighted by Gasteiger charge is -2.15. The molecule has 0 heterocycles. The third-order valence-electron chi connectivity index (χ3n) is 4.30. The summed E-state index contributed by atoms with van der Waals surface area (Å²) < 4.78 is 0. The Morgan fingerprint density at radius 2 is 1.65 bits per heavy atom. The van der Waals surface area contributed by atoms with E-state index in [4.69, 9.17) is 11.6 Å². The highest BCUT2D eigenvalue weighted by atomic mass is 35.5. The number of carbonyl (C=O) groups is 2. The van der Waals surface area contributed by atoms with E-state index in [1.165, 1.54) is 0 Å². The number of amides is 2. The third kappa shape index (κ3) is 4.96. The Morgan fingerprint density at radius 3 is 2.22 bits per heavy atom. The van der Waals surface area contributed by atoms with Crippen molar-refractivity contribution in [3.05, 3.63) is 34.9 Å². The summed E-state index contributed by atoms with van der Waals surface area (Å²) >= 11 is 5.85. The number of hydrogen-bond acceptors (Lipinski definition) is 2. The highest BCUT2D eigenvalue weighted by molar-refractivity contribution is 6.30. The highest BCUT2D eigenvalue weighted by Crippen LogP contribution is 2.46. The van der Waals surface area contributed by atoms with Gasteiger partial charge in [-0.05, 0) is 43.4 Å². The predicted octanol–water partition coefficient (Wildman–Crippen LogP) is 3.09. The second kappa shape index (κ2) is 8.34. The van der Waals surface area contributed by atoms with Gasteiger partial charge in [-0.15, -0.1) is 0 Å². The van der Waals surface area contributed by atoms with E-state index < -0.39 is 5.41 Å². The van der Waals surface area contributed by atoms with Crippen LogP contribution in [0.4, 0.5) is 0 Å². The average molecular weight is 337 g/mol. The van der Waals surface area contributed by atoms with Gasteiger partial charge in [0.1, 0.15) is 5.41 Å². The van der Waals surface area contributed by atoms with E-state index in [2.05, 4.69) is 17.6 Å². The number of unbranched alkanes of at least 4 members (excludes halogenated alkanes) is 2. The summed E-state index contributed by atoms with van der Waals surface area (Å²) in [6.07, 6.45) is 5.22. The van der Waals surface area contributed by atoms with E-state index in [9.17, 15) is 9.59 Å². The zero-order valence-corrected chi connectivity index (χ0v) is 14.4. The number of halogens is 1. The van der Waals surface area contributed by atoms with Crippen LogP contribution in [0.25, 0.3) is 0 Å². The number of hydrogen-bond donors (Lipinski definition) is 2. The van der Waals surface area contributed by atoms with Crippen molar-refractivity contribution in [3.8, 4) is 0 Å². The van der Waals surface area contributed by atoms with Crippen molar-refractivity contribution in [2.24, 2.45) is 5.41 Å². The van der Waals surface area contributed by atoms with Crippen molar-refractivity contribution in [2.75, 3.05) is 13.1 Å². The molecule has 0 atom stereocenters. The van der Waals surface area contributed by atoms with E-state index in [0.717, 1.165) is 31.2 Å². The Hall–Kier alpha value is -1.55. The first-order valence-electron chi connectivity index (χ1n) is 8.39. The fourth-order valence-electron chi connectivity index (χ4n) is 2.57. The molecular formula is C18H25ClN2O2. The first kappa shape index (κ1) is 17.8. The molecule has 1 saturated carbocycles. The molecule has 1 aromatic rings. The van der Waals surface area contributed by atoms with Gasteiger partial charge in [-0.25, -0.2) is 0 Å². The fraction of sp³-hybridized carbons (Fsp3) is 0.556. The van der Waals surface area contributed by atoms with Crippen molar-refractivity contribution in [1.29, 1.82) is 0 Å². The van der Waals surface area contributed by atoms with Crippen molar-refractivity contribution < 1.29 is 9.59 Å². The molecule has 0 bridgehead atoms.